The van der Waals surface area contributed by atoms with Crippen molar-refractivity contribution in [2.24, 2.45) is 0 Å². The highest BCUT2D eigenvalue weighted by Gasteiger charge is 2.23. The van der Waals surface area contributed by atoms with Gasteiger partial charge in [-0.3, -0.25) is 0 Å². The standard InChI is InChI=1S/C14H21BrN2/c1-10(2)16-13-6-7-17(9-13)14-8-12(15)5-4-11(14)3/h4-5,8,10,13,16H,6-7,9H2,1-3H3. The van der Waals surface area contributed by atoms with E-state index >= 15 is 0 Å². The van der Waals surface area contributed by atoms with Crippen LogP contribution in [-0.2, 0) is 0 Å². The van der Waals surface area contributed by atoms with Gasteiger partial charge in [0.25, 0.3) is 0 Å². The predicted octanol–water partition coefficient (Wildman–Crippen LogP) is 3.33. The molecule has 0 saturated carbocycles. The molecule has 0 aromatic heterocycles. The molecule has 1 fully saturated rings. The van der Waals surface area contributed by atoms with Crippen LogP contribution in [0.15, 0.2) is 22.7 Å². The number of aryl methyl sites for hydroxylation is 1. The lowest BCUT2D eigenvalue weighted by molar-refractivity contribution is 0.492. The first kappa shape index (κ1) is 12.9. The molecule has 1 aliphatic rings. The largest absolute Gasteiger partial charge is 0.370 e. The van der Waals surface area contributed by atoms with Crippen LogP contribution < -0.4 is 10.2 Å². The smallest absolute Gasteiger partial charge is 0.0407 e. The molecule has 1 atom stereocenters. The predicted molar refractivity (Wildman–Crippen MR) is 77.8 cm³/mol. The monoisotopic (exact) mass is 296 g/mol. The van der Waals surface area contributed by atoms with E-state index in [2.05, 4.69) is 65.1 Å². The van der Waals surface area contributed by atoms with Gasteiger partial charge < -0.3 is 10.2 Å². The van der Waals surface area contributed by atoms with Crippen LogP contribution in [0.1, 0.15) is 25.8 Å². The van der Waals surface area contributed by atoms with E-state index in [4.69, 9.17) is 0 Å². The van der Waals surface area contributed by atoms with Gasteiger partial charge in [0.2, 0.25) is 0 Å². The second-order valence-electron chi connectivity index (χ2n) is 5.18. The van der Waals surface area contributed by atoms with Crippen LogP contribution in [-0.4, -0.2) is 25.2 Å². The molecule has 1 aromatic carbocycles. The van der Waals surface area contributed by atoms with Gasteiger partial charge in [0, 0.05) is 35.3 Å². The average molecular weight is 297 g/mol. The van der Waals surface area contributed by atoms with E-state index in [9.17, 15) is 0 Å². The second-order valence-corrected chi connectivity index (χ2v) is 6.10. The Morgan fingerprint density at radius 1 is 1.41 bits per heavy atom. The molecule has 2 nitrogen and oxygen atoms in total. The Morgan fingerprint density at radius 3 is 2.88 bits per heavy atom. The van der Waals surface area contributed by atoms with Gasteiger partial charge >= 0.3 is 0 Å². The molecule has 0 aliphatic carbocycles. The average Bonchev–Trinajstić information content (AvgIpc) is 2.69. The van der Waals surface area contributed by atoms with Crippen molar-refractivity contribution in [2.75, 3.05) is 18.0 Å². The number of nitrogens with one attached hydrogen (secondary N) is 1. The second kappa shape index (κ2) is 5.40. The molecule has 1 heterocycles. The van der Waals surface area contributed by atoms with Crippen molar-refractivity contribution in [2.45, 2.75) is 39.3 Å². The van der Waals surface area contributed by atoms with Gasteiger partial charge in [-0.1, -0.05) is 35.8 Å². The lowest BCUT2D eigenvalue weighted by Crippen LogP contribution is -2.37. The van der Waals surface area contributed by atoms with Gasteiger partial charge in [-0.2, -0.15) is 0 Å². The summed E-state index contributed by atoms with van der Waals surface area (Å²) in [5.41, 5.74) is 2.73. The molecule has 1 aromatic rings. The highest BCUT2D eigenvalue weighted by molar-refractivity contribution is 9.10. The third kappa shape index (κ3) is 3.23. The van der Waals surface area contributed by atoms with E-state index in [-0.39, 0.29) is 0 Å². The number of halogens is 1. The summed E-state index contributed by atoms with van der Waals surface area (Å²) in [6, 6.07) is 7.73. The molecule has 1 unspecified atom stereocenters. The number of anilines is 1. The van der Waals surface area contributed by atoms with Gasteiger partial charge in [0.1, 0.15) is 0 Å². The zero-order chi connectivity index (χ0) is 12.4. The fraction of sp³-hybridized carbons (Fsp3) is 0.571. The molecule has 0 spiro atoms. The van der Waals surface area contributed by atoms with Crippen molar-refractivity contribution in [3.05, 3.63) is 28.2 Å². The molecule has 17 heavy (non-hydrogen) atoms. The van der Waals surface area contributed by atoms with Crippen LogP contribution in [0.25, 0.3) is 0 Å². The van der Waals surface area contributed by atoms with Crippen LogP contribution in [0, 0.1) is 6.92 Å². The van der Waals surface area contributed by atoms with E-state index in [0.717, 1.165) is 13.1 Å². The van der Waals surface area contributed by atoms with Crippen molar-refractivity contribution >= 4 is 21.6 Å². The van der Waals surface area contributed by atoms with Crippen LogP contribution in [0.3, 0.4) is 0 Å². The molecule has 1 saturated heterocycles. The molecule has 0 amide bonds. The molecule has 0 radical (unpaired) electrons. The zero-order valence-electron chi connectivity index (χ0n) is 10.8. The minimum absolute atomic E-state index is 0.573. The lowest BCUT2D eigenvalue weighted by Gasteiger charge is -2.22. The number of benzene rings is 1. The van der Waals surface area contributed by atoms with E-state index < -0.39 is 0 Å². The van der Waals surface area contributed by atoms with Gasteiger partial charge in [-0.25, -0.2) is 0 Å². The molecule has 1 aliphatic heterocycles. The summed E-state index contributed by atoms with van der Waals surface area (Å²) in [6.45, 7) is 8.89. The lowest BCUT2D eigenvalue weighted by atomic mass is 10.2. The molecule has 2 rings (SSSR count). The molecular formula is C14H21BrN2. The molecule has 1 N–H and O–H groups in total. The quantitative estimate of drug-likeness (QED) is 0.920. The molecule has 0 bridgehead atoms. The number of nitrogens with zero attached hydrogens (tertiary/aromatic N) is 1. The van der Waals surface area contributed by atoms with E-state index in [0.29, 0.717) is 12.1 Å². The Bertz CT molecular complexity index is 390. The number of rotatable bonds is 3. The number of hydrogen-bond donors (Lipinski definition) is 1. The fourth-order valence-electron chi connectivity index (χ4n) is 2.51. The van der Waals surface area contributed by atoms with Crippen molar-refractivity contribution in [3.63, 3.8) is 0 Å². The van der Waals surface area contributed by atoms with E-state index in [1.165, 1.54) is 22.1 Å². The van der Waals surface area contributed by atoms with Gasteiger partial charge in [-0.15, -0.1) is 0 Å². The van der Waals surface area contributed by atoms with Crippen LogP contribution in [0.5, 0.6) is 0 Å². The highest BCUT2D eigenvalue weighted by Crippen LogP contribution is 2.27. The summed E-state index contributed by atoms with van der Waals surface area (Å²) in [5, 5.41) is 3.62. The van der Waals surface area contributed by atoms with Crippen molar-refractivity contribution in [1.29, 1.82) is 0 Å². The first-order chi connectivity index (χ1) is 8.06. The highest BCUT2D eigenvalue weighted by atomic mass is 79.9. The van der Waals surface area contributed by atoms with Crippen molar-refractivity contribution in [3.8, 4) is 0 Å². The third-order valence-corrected chi connectivity index (χ3v) is 3.76. The Morgan fingerprint density at radius 2 is 2.18 bits per heavy atom. The summed E-state index contributed by atoms with van der Waals surface area (Å²) in [5.74, 6) is 0. The van der Waals surface area contributed by atoms with Crippen LogP contribution in [0.2, 0.25) is 0 Å². The summed E-state index contributed by atoms with van der Waals surface area (Å²) >= 11 is 3.56. The van der Waals surface area contributed by atoms with Crippen LogP contribution >= 0.6 is 15.9 Å². The maximum Gasteiger partial charge on any atom is 0.0407 e. The Hall–Kier alpha value is -0.540. The first-order valence-corrected chi connectivity index (χ1v) is 7.12. The number of hydrogen-bond acceptors (Lipinski definition) is 2. The summed E-state index contributed by atoms with van der Waals surface area (Å²) in [4.78, 5) is 2.49. The van der Waals surface area contributed by atoms with E-state index in [1.807, 2.05) is 0 Å². The molecule has 94 valence electrons. The third-order valence-electron chi connectivity index (χ3n) is 3.27. The maximum atomic E-state index is 3.62. The van der Waals surface area contributed by atoms with Gasteiger partial charge in [0.05, 0.1) is 0 Å². The summed E-state index contributed by atoms with van der Waals surface area (Å²) < 4.78 is 1.17. The Labute approximate surface area is 113 Å². The molecular weight excluding hydrogens is 276 g/mol. The normalized spacial score (nSPS) is 20.3. The Balaban J connectivity index is 2.07. The van der Waals surface area contributed by atoms with Crippen molar-refractivity contribution in [1.82, 2.24) is 5.32 Å². The molecule has 3 heteroatoms. The van der Waals surface area contributed by atoms with Gasteiger partial charge in [0.15, 0.2) is 0 Å². The SMILES string of the molecule is Cc1ccc(Br)cc1N1CCC(NC(C)C)C1. The minimum atomic E-state index is 0.573. The summed E-state index contributed by atoms with van der Waals surface area (Å²) in [6.07, 6.45) is 1.24. The maximum absolute atomic E-state index is 3.62. The Kier molecular flexibility index (Phi) is 4.10. The van der Waals surface area contributed by atoms with Gasteiger partial charge in [-0.05, 0) is 31.0 Å². The minimum Gasteiger partial charge on any atom is -0.370 e. The van der Waals surface area contributed by atoms with Crippen molar-refractivity contribution < 1.29 is 0 Å². The van der Waals surface area contributed by atoms with Crippen LogP contribution in [0.4, 0.5) is 5.69 Å². The fourth-order valence-corrected chi connectivity index (χ4v) is 2.86. The summed E-state index contributed by atoms with van der Waals surface area (Å²) in [7, 11) is 0. The topological polar surface area (TPSA) is 15.3 Å². The first-order valence-electron chi connectivity index (χ1n) is 6.33. The zero-order valence-corrected chi connectivity index (χ0v) is 12.4. The van der Waals surface area contributed by atoms with E-state index in [1.54, 1.807) is 0 Å².